The van der Waals surface area contributed by atoms with E-state index in [0.717, 1.165) is 18.7 Å². The molecule has 3 aromatic rings. The smallest absolute Gasteiger partial charge is 0.336 e. The Morgan fingerprint density at radius 2 is 2.08 bits per heavy atom. The quantitative estimate of drug-likeness (QED) is 0.737. The zero-order chi connectivity index (χ0) is 16.8. The molecule has 1 aromatic carbocycles. The number of carbonyl (C=O) groups is 1. The van der Waals surface area contributed by atoms with Crippen LogP contribution in [-0.4, -0.2) is 43.9 Å². The van der Waals surface area contributed by atoms with Crippen LogP contribution in [0, 0.1) is 6.92 Å². The Kier molecular flexibility index (Phi) is 3.34. The number of carboxylic acid groups (broad SMARTS) is 1. The van der Waals surface area contributed by atoms with Gasteiger partial charge in [-0.05, 0) is 37.5 Å². The Balaban J connectivity index is 2.04. The average molecular weight is 328 g/mol. The summed E-state index contributed by atoms with van der Waals surface area (Å²) in [5.74, 6) is -0.131. The molecule has 0 saturated carbocycles. The lowest BCUT2D eigenvalue weighted by atomic mass is 9.99. The number of carboxylic acids is 1. The molecule has 0 atom stereocenters. The van der Waals surface area contributed by atoms with Crippen LogP contribution in [0.2, 0.25) is 0 Å². The molecular formula is C16H16N4O4. The van der Waals surface area contributed by atoms with Gasteiger partial charge in [-0.25, -0.2) is 4.79 Å². The number of benzene rings is 1. The first-order chi connectivity index (χ1) is 11.6. The summed E-state index contributed by atoms with van der Waals surface area (Å²) in [4.78, 5) is 26.3. The fourth-order valence-corrected chi connectivity index (χ4v) is 3.29. The Hall–Kier alpha value is -2.74. The molecule has 24 heavy (non-hydrogen) atoms. The first-order valence-electron chi connectivity index (χ1n) is 7.79. The maximum atomic E-state index is 12.3. The molecule has 1 aliphatic rings. The van der Waals surface area contributed by atoms with Crippen molar-refractivity contribution in [1.29, 1.82) is 0 Å². The first-order valence-corrected chi connectivity index (χ1v) is 7.79. The van der Waals surface area contributed by atoms with E-state index in [1.54, 1.807) is 17.4 Å². The monoisotopic (exact) mass is 328 g/mol. The second-order valence-corrected chi connectivity index (χ2v) is 6.05. The molecule has 124 valence electrons. The van der Waals surface area contributed by atoms with Crippen LogP contribution in [0.1, 0.15) is 40.5 Å². The highest BCUT2D eigenvalue weighted by molar-refractivity contribution is 5.94. The van der Waals surface area contributed by atoms with Crippen LogP contribution in [0.3, 0.4) is 0 Å². The van der Waals surface area contributed by atoms with Crippen LogP contribution in [0.5, 0.6) is 0 Å². The number of hydrogen-bond donors (Lipinski definition) is 2. The van der Waals surface area contributed by atoms with Crippen molar-refractivity contribution >= 4 is 22.6 Å². The number of hydrogen-bond acceptors (Lipinski definition) is 5. The van der Waals surface area contributed by atoms with E-state index < -0.39 is 5.97 Å². The molecule has 1 aliphatic heterocycles. The molecular weight excluding hydrogens is 312 g/mol. The van der Waals surface area contributed by atoms with Crippen molar-refractivity contribution < 1.29 is 14.6 Å². The van der Waals surface area contributed by atoms with Crippen LogP contribution >= 0.6 is 0 Å². The molecule has 0 unspecified atom stereocenters. The number of rotatable bonds is 2. The van der Waals surface area contributed by atoms with E-state index in [0.29, 0.717) is 29.8 Å². The molecule has 1 fully saturated rings. The Morgan fingerprint density at radius 3 is 2.79 bits per heavy atom. The molecule has 0 radical (unpaired) electrons. The van der Waals surface area contributed by atoms with Gasteiger partial charge in [-0.2, -0.15) is 0 Å². The van der Waals surface area contributed by atoms with Gasteiger partial charge in [0, 0.05) is 19.1 Å². The normalized spacial score (nSPS) is 16.0. The SMILES string of the molecule is Cc1cc2c(cc1C(=O)O)[nH]c(=O)c1nnc(C3CCOCC3)n12. The maximum Gasteiger partial charge on any atom is 0.336 e. The second-order valence-electron chi connectivity index (χ2n) is 6.05. The molecule has 4 rings (SSSR count). The number of nitrogens with one attached hydrogen (secondary N) is 1. The highest BCUT2D eigenvalue weighted by Crippen LogP contribution is 2.27. The maximum absolute atomic E-state index is 12.3. The number of ether oxygens (including phenoxy) is 1. The van der Waals surface area contributed by atoms with Gasteiger partial charge in [-0.1, -0.05) is 0 Å². The van der Waals surface area contributed by atoms with Crippen molar-refractivity contribution in [3.05, 3.63) is 39.4 Å². The van der Waals surface area contributed by atoms with Crippen LogP contribution in [0.4, 0.5) is 0 Å². The van der Waals surface area contributed by atoms with Crippen molar-refractivity contribution in [3.8, 4) is 0 Å². The first kappa shape index (κ1) is 14.8. The predicted molar refractivity (Wildman–Crippen MR) is 85.6 cm³/mol. The molecule has 0 spiro atoms. The number of aromatic amines is 1. The van der Waals surface area contributed by atoms with Gasteiger partial charge in [-0.15, -0.1) is 10.2 Å². The molecule has 1 saturated heterocycles. The van der Waals surface area contributed by atoms with Crippen LogP contribution in [-0.2, 0) is 4.74 Å². The summed E-state index contributed by atoms with van der Waals surface area (Å²) in [6, 6.07) is 3.25. The Morgan fingerprint density at radius 1 is 1.33 bits per heavy atom. The number of aromatic carboxylic acids is 1. The van der Waals surface area contributed by atoms with Crippen molar-refractivity contribution in [2.24, 2.45) is 0 Å². The predicted octanol–water partition coefficient (Wildman–Crippen LogP) is 1.47. The van der Waals surface area contributed by atoms with Gasteiger partial charge in [0.2, 0.25) is 5.65 Å². The van der Waals surface area contributed by atoms with Gasteiger partial charge in [0.1, 0.15) is 5.82 Å². The molecule has 3 heterocycles. The van der Waals surface area contributed by atoms with E-state index in [1.165, 1.54) is 6.07 Å². The lowest BCUT2D eigenvalue weighted by molar-refractivity contribution is 0.0696. The minimum atomic E-state index is -1.02. The van der Waals surface area contributed by atoms with E-state index in [1.807, 2.05) is 0 Å². The lowest BCUT2D eigenvalue weighted by Crippen LogP contribution is -2.18. The number of fused-ring (bicyclic) bond motifs is 3. The summed E-state index contributed by atoms with van der Waals surface area (Å²) < 4.78 is 7.14. The summed E-state index contributed by atoms with van der Waals surface area (Å²) in [7, 11) is 0. The second kappa shape index (κ2) is 5.41. The third kappa shape index (κ3) is 2.18. The summed E-state index contributed by atoms with van der Waals surface area (Å²) in [6.07, 6.45) is 1.64. The number of nitrogens with zero attached hydrogens (tertiary/aromatic N) is 3. The minimum Gasteiger partial charge on any atom is -0.478 e. The van der Waals surface area contributed by atoms with Crippen LogP contribution in [0.15, 0.2) is 16.9 Å². The minimum absolute atomic E-state index is 0.165. The molecule has 8 heteroatoms. The highest BCUT2D eigenvalue weighted by Gasteiger charge is 2.24. The fourth-order valence-electron chi connectivity index (χ4n) is 3.29. The Labute approximate surface area is 136 Å². The van der Waals surface area contributed by atoms with Gasteiger partial charge in [-0.3, -0.25) is 9.20 Å². The summed E-state index contributed by atoms with van der Waals surface area (Å²) >= 11 is 0. The molecule has 8 nitrogen and oxygen atoms in total. The number of H-pyrrole nitrogens is 1. The van der Waals surface area contributed by atoms with E-state index >= 15 is 0 Å². The zero-order valence-corrected chi connectivity index (χ0v) is 13.1. The summed E-state index contributed by atoms with van der Waals surface area (Å²) in [5, 5.41) is 17.6. The molecule has 2 N–H and O–H groups in total. The van der Waals surface area contributed by atoms with Crippen molar-refractivity contribution in [2.45, 2.75) is 25.7 Å². The largest absolute Gasteiger partial charge is 0.478 e. The van der Waals surface area contributed by atoms with Gasteiger partial charge >= 0.3 is 5.97 Å². The molecule has 0 aliphatic carbocycles. The molecule has 2 aromatic heterocycles. The lowest BCUT2D eigenvalue weighted by Gasteiger charge is -2.20. The average Bonchev–Trinajstić information content (AvgIpc) is 3.02. The van der Waals surface area contributed by atoms with Gasteiger partial charge in [0.05, 0.1) is 16.6 Å². The van der Waals surface area contributed by atoms with Crippen molar-refractivity contribution in [3.63, 3.8) is 0 Å². The van der Waals surface area contributed by atoms with E-state index in [2.05, 4.69) is 15.2 Å². The van der Waals surface area contributed by atoms with E-state index in [-0.39, 0.29) is 22.7 Å². The van der Waals surface area contributed by atoms with Crippen LogP contribution in [0.25, 0.3) is 16.7 Å². The third-order valence-electron chi connectivity index (χ3n) is 4.54. The topological polar surface area (TPSA) is 110 Å². The molecule has 0 bridgehead atoms. The number of aryl methyl sites for hydroxylation is 1. The Bertz CT molecular complexity index is 1010. The van der Waals surface area contributed by atoms with Gasteiger partial charge in [0.15, 0.2) is 0 Å². The third-order valence-corrected chi connectivity index (χ3v) is 4.54. The van der Waals surface area contributed by atoms with Gasteiger partial charge < -0.3 is 14.8 Å². The molecule has 0 amide bonds. The summed E-state index contributed by atoms with van der Waals surface area (Å²) in [6.45, 7) is 3.05. The number of aromatic nitrogens is 4. The highest BCUT2D eigenvalue weighted by atomic mass is 16.5. The fraction of sp³-hybridized carbons (Fsp3) is 0.375. The zero-order valence-electron chi connectivity index (χ0n) is 13.1. The van der Waals surface area contributed by atoms with Crippen molar-refractivity contribution in [2.75, 3.05) is 13.2 Å². The van der Waals surface area contributed by atoms with E-state index in [9.17, 15) is 14.7 Å². The van der Waals surface area contributed by atoms with Gasteiger partial charge in [0.25, 0.3) is 5.56 Å². The van der Waals surface area contributed by atoms with Crippen LogP contribution < -0.4 is 5.56 Å². The van der Waals surface area contributed by atoms with Crippen molar-refractivity contribution in [1.82, 2.24) is 19.6 Å². The standard InChI is InChI=1S/C16H16N4O4/c1-8-6-12-11(7-10(8)16(22)23)17-15(21)14-19-18-13(20(12)14)9-2-4-24-5-3-9/h6-7,9H,2-5H2,1H3,(H,17,21)(H,22,23). The summed E-state index contributed by atoms with van der Waals surface area (Å²) in [5.41, 5.74) is 1.80. The van der Waals surface area contributed by atoms with E-state index in [4.69, 9.17) is 4.74 Å².